The van der Waals surface area contributed by atoms with Crippen molar-refractivity contribution in [2.75, 3.05) is 39.9 Å². The quantitative estimate of drug-likeness (QED) is 0.483. The molecule has 1 fully saturated rings. The van der Waals surface area contributed by atoms with Crippen LogP contribution in [-0.4, -0.2) is 74.1 Å². The molecular weight excluding hydrogens is 504 g/mol. The van der Waals surface area contributed by atoms with Gasteiger partial charge in [0.05, 0.1) is 28.8 Å². The van der Waals surface area contributed by atoms with Crippen molar-refractivity contribution >= 4 is 43.6 Å². The van der Waals surface area contributed by atoms with Crippen LogP contribution in [-0.2, 0) is 21.3 Å². The maximum absolute atomic E-state index is 13.1. The molecule has 3 aromatic rings. The summed E-state index contributed by atoms with van der Waals surface area (Å²) in [6.07, 6.45) is -0.441. The van der Waals surface area contributed by atoms with Crippen molar-refractivity contribution in [1.82, 2.24) is 13.8 Å². The van der Waals surface area contributed by atoms with Crippen molar-refractivity contribution in [1.29, 1.82) is 0 Å². The topological polar surface area (TPSA) is 111 Å². The predicted octanol–water partition coefficient (Wildman–Crippen LogP) is 2.94. The molecule has 0 spiro atoms. The second-order valence-electron chi connectivity index (χ2n) is 7.99. The molecule has 0 aliphatic carbocycles. The van der Waals surface area contributed by atoms with Crippen LogP contribution in [0.3, 0.4) is 0 Å². The minimum atomic E-state index is -3.76. The number of benzene rings is 2. The summed E-state index contributed by atoms with van der Waals surface area (Å²) in [5.74, 6) is 0.270. The molecule has 12 heteroatoms. The summed E-state index contributed by atoms with van der Waals surface area (Å²) in [5.41, 5.74) is 1.25. The number of methoxy groups -OCH3 is 1. The molecule has 0 saturated carbocycles. The number of amides is 2. The Balaban J connectivity index is 1.52. The minimum Gasteiger partial charge on any atom is -0.497 e. The van der Waals surface area contributed by atoms with Gasteiger partial charge in [-0.2, -0.15) is 9.30 Å². The maximum atomic E-state index is 13.1. The summed E-state index contributed by atoms with van der Waals surface area (Å²) >= 11 is 1.39. The Hall–Kier alpha value is -3.22. The van der Waals surface area contributed by atoms with Gasteiger partial charge in [-0.3, -0.25) is 4.79 Å². The number of hydrogen-bond acceptors (Lipinski definition) is 7. The van der Waals surface area contributed by atoms with Crippen LogP contribution in [0.15, 0.2) is 52.4 Å². The number of sulfonamides is 1. The first-order chi connectivity index (χ1) is 17.3. The summed E-state index contributed by atoms with van der Waals surface area (Å²) < 4.78 is 40.6. The van der Waals surface area contributed by atoms with Crippen LogP contribution in [0.5, 0.6) is 5.75 Å². The van der Waals surface area contributed by atoms with Gasteiger partial charge in [-0.1, -0.05) is 11.3 Å². The second-order valence-corrected chi connectivity index (χ2v) is 10.9. The van der Waals surface area contributed by atoms with Crippen LogP contribution in [0.4, 0.5) is 4.79 Å². The van der Waals surface area contributed by atoms with Crippen molar-refractivity contribution in [3.63, 3.8) is 0 Å². The van der Waals surface area contributed by atoms with Crippen LogP contribution in [0, 0.1) is 0 Å². The molecule has 1 aliphatic heterocycles. The number of hydrogen-bond donors (Lipinski definition) is 0. The SMILES string of the molecule is CCOC(=O)N1CCN(S(=O)(=O)c2ccc(C(=O)N=c3sc4cc(OC)ccc4n3CC)cc2)CC1. The van der Waals surface area contributed by atoms with E-state index in [1.54, 1.807) is 14.0 Å². The first kappa shape index (κ1) is 25.9. The van der Waals surface area contributed by atoms with E-state index in [1.165, 1.54) is 44.8 Å². The number of rotatable bonds is 6. The van der Waals surface area contributed by atoms with Gasteiger partial charge in [0.25, 0.3) is 5.91 Å². The van der Waals surface area contributed by atoms with Crippen molar-refractivity contribution in [3.05, 3.63) is 52.8 Å². The normalized spacial score (nSPS) is 15.3. The number of thiazole rings is 1. The fraction of sp³-hybridized carbons (Fsp3) is 0.375. The third kappa shape index (κ3) is 5.15. The molecule has 192 valence electrons. The number of ether oxygens (including phenoxy) is 2. The van der Waals surface area contributed by atoms with Crippen molar-refractivity contribution in [2.45, 2.75) is 25.3 Å². The number of fused-ring (bicyclic) bond motifs is 1. The van der Waals surface area contributed by atoms with E-state index in [0.717, 1.165) is 16.0 Å². The van der Waals surface area contributed by atoms with Crippen molar-refractivity contribution in [3.8, 4) is 5.75 Å². The van der Waals surface area contributed by atoms with E-state index in [0.29, 0.717) is 16.9 Å². The molecule has 2 amide bonds. The first-order valence-corrected chi connectivity index (χ1v) is 13.8. The van der Waals surface area contributed by atoms with Crippen LogP contribution in [0.1, 0.15) is 24.2 Å². The lowest BCUT2D eigenvalue weighted by molar-refractivity contribution is 0.0933. The molecule has 0 unspecified atom stereocenters. The summed E-state index contributed by atoms with van der Waals surface area (Å²) in [6.45, 7) is 5.46. The lowest BCUT2D eigenvalue weighted by atomic mass is 10.2. The van der Waals surface area contributed by atoms with E-state index < -0.39 is 22.0 Å². The Kier molecular flexibility index (Phi) is 7.76. The van der Waals surface area contributed by atoms with Crippen LogP contribution in [0.25, 0.3) is 10.2 Å². The third-order valence-corrected chi connectivity index (χ3v) is 8.86. The highest BCUT2D eigenvalue weighted by molar-refractivity contribution is 7.89. The lowest BCUT2D eigenvalue weighted by Crippen LogP contribution is -2.50. The van der Waals surface area contributed by atoms with Gasteiger partial charge in [-0.15, -0.1) is 0 Å². The van der Waals surface area contributed by atoms with E-state index >= 15 is 0 Å². The van der Waals surface area contributed by atoms with E-state index in [4.69, 9.17) is 9.47 Å². The number of carbonyl (C=O) groups excluding carboxylic acids is 2. The van der Waals surface area contributed by atoms with Gasteiger partial charge in [0.1, 0.15) is 5.75 Å². The smallest absolute Gasteiger partial charge is 0.409 e. The summed E-state index contributed by atoms with van der Waals surface area (Å²) in [6, 6.07) is 11.5. The predicted molar refractivity (Wildman–Crippen MR) is 136 cm³/mol. The Morgan fingerprint density at radius 2 is 1.72 bits per heavy atom. The number of aromatic nitrogens is 1. The van der Waals surface area contributed by atoms with Crippen LogP contribution < -0.4 is 9.54 Å². The first-order valence-electron chi connectivity index (χ1n) is 11.6. The minimum absolute atomic E-state index is 0.0845. The second kappa shape index (κ2) is 10.8. The lowest BCUT2D eigenvalue weighted by Gasteiger charge is -2.33. The highest BCUT2D eigenvalue weighted by atomic mass is 32.2. The molecule has 2 aromatic carbocycles. The molecule has 36 heavy (non-hydrogen) atoms. The van der Waals surface area contributed by atoms with Gasteiger partial charge in [0.2, 0.25) is 10.0 Å². The van der Waals surface area contributed by atoms with Gasteiger partial charge in [0, 0.05) is 38.3 Å². The molecule has 1 aliphatic rings. The molecule has 0 N–H and O–H groups in total. The zero-order valence-corrected chi connectivity index (χ0v) is 22.0. The standard InChI is InChI=1S/C24H28N4O6S2/c1-4-28-20-11-8-18(33-3)16-21(20)35-23(28)25-22(29)17-6-9-19(10-7-17)36(31,32)27-14-12-26(13-15-27)24(30)34-5-2/h6-11,16H,4-5,12-15H2,1-3H3. The van der Waals surface area contributed by atoms with E-state index in [2.05, 4.69) is 4.99 Å². The van der Waals surface area contributed by atoms with Gasteiger partial charge in [-0.05, 0) is 56.3 Å². The highest BCUT2D eigenvalue weighted by Crippen LogP contribution is 2.23. The van der Waals surface area contributed by atoms with E-state index in [-0.39, 0.29) is 37.7 Å². The fourth-order valence-electron chi connectivity index (χ4n) is 3.97. The fourth-order valence-corrected chi connectivity index (χ4v) is 6.51. The number of nitrogens with zero attached hydrogens (tertiary/aromatic N) is 4. The van der Waals surface area contributed by atoms with Crippen molar-refractivity contribution < 1.29 is 27.5 Å². The molecule has 1 aromatic heterocycles. The van der Waals surface area contributed by atoms with Crippen LogP contribution in [0.2, 0.25) is 0 Å². The Bertz CT molecular complexity index is 1440. The monoisotopic (exact) mass is 532 g/mol. The molecule has 0 bridgehead atoms. The number of carbonyl (C=O) groups is 2. The molecule has 2 heterocycles. The Labute approximate surface area is 213 Å². The molecule has 0 radical (unpaired) electrons. The zero-order valence-electron chi connectivity index (χ0n) is 20.3. The average molecular weight is 533 g/mol. The molecule has 0 atom stereocenters. The third-order valence-electron chi connectivity index (χ3n) is 5.91. The summed E-state index contributed by atoms with van der Waals surface area (Å²) in [7, 11) is -2.16. The molecule has 1 saturated heterocycles. The number of piperazine rings is 1. The van der Waals surface area contributed by atoms with Gasteiger partial charge in [0.15, 0.2) is 4.80 Å². The summed E-state index contributed by atoms with van der Waals surface area (Å²) in [5, 5.41) is 0. The average Bonchev–Trinajstić information content (AvgIpc) is 3.24. The maximum Gasteiger partial charge on any atom is 0.409 e. The van der Waals surface area contributed by atoms with Crippen LogP contribution >= 0.6 is 11.3 Å². The molecule has 4 rings (SSSR count). The van der Waals surface area contributed by atoms with Gasteiger partial charge < -0.3 is 18.9 Å². The number of aryl methyl sites for hydroxylation is 1. The molecular formula is C24H28N4O6S2. The van der Waals surface area contributed by atoms with Gasteiger partial charge in [-0.25, -0.2) is 13.2 Å². The largest absolute Gasteiger partial charge is 0.497 e. The van der Waals surface area contributed by atoms with E-state index in [9.17, 15) is 18.0 Å². The van der Waals surface area contributed by atoms with Crippen molar-refractivity contribution in [2.24, 2.45) is 4.99 Å². The zero-order chi connectivity index (χ0) is 25.9. The summed E-state index contributed by atoms with van der Waals surface area (Å²) in [4.78, 5) is 31.2. The van der Waals surface area contributed by atoms with E-state index in [1.807, 2.05) is 29.7 Å². The molecule has 10 nitrogen and oxygen atoms in total. The van der Waals surface area contributed by atoms with Gasteiger partial charge >= 0.3 is 6.09 Å². The highest BCUT2D eigenvalue weighted by Gasteiger charge is 2.30. The Morgan fingerprint density at radius 1 is 1.03 bits per heavy atom. The Morgan fingerprint density at radius 3 is 2.33 bits per heavy atom.